The van der Waals surface area contributed by atoms with Crippen molar-refractivity contribution in [3.63, 3.8) is 0 Å². The molecule has 0 aliphatic carbocycles. The van der Waals surface area contributed by atoms with Gasteiger partial charge in [-0.05, 0) is 6.42 Å². The van der Waals surface area contributed by atoms with E-state index in [1.807, 2.05) is 6.92 Å². The van der Waals surface area contributed by atoms with Gasteiger partial charge < -0.3 is 16.0 Å². The number of unbranched alkanes of at least 4 members (excludes halogenated alkanes) is 1. The molecule has 6 heteroatoms. The van der Waals surface area contributed by atoms with E-state index in [0.717, 1.165) is 12.8 Å². The monoisotopic (exact) mass is 196 g/mol. The average Bonchev–Trinajstić information content (AvgIpc) is 2.05. The van der Waals surface area contributed by atoms with Gasteiger partial charge >= 0.3 is 8.25 Å². The van der Waals surface area contributed by atoms with E-state index in [4.69, 9.17) is 20.5 Å². The first-order valence-corrected chi connectivity index (χ1v) is 5.22. The fourth-order valence-corrected chi connectivity index (χ4v) is 1.23. The lowest BCUT2D eigenvalue weighted by Gasteiger charge is -2.09. The van der Waals surface area contributed by atoms with Gasteiger partial charge in [0.05, 0.1) is 6.61 Å². The van der Waals surface area contributed by atoms with Crippen molar-refractivity contribution in [1.82, 2.24) is 0 Å². The Hall–Kier alpha value is 0.0700. The van der Waals surface area contributed by atoms with E-state index in [1.54, 1.807) is 0 Å². The van der Waals surface area contributed by atoms with Crippen LogP contribution in [0.4, 0.5) is 0 Å². The second-order valence-corrected chi connectivity index (χ2v) is 3.37. The molecule has 0 heterocycles. The fourth-order valence-electron chi connectivity index (χ4n) is 0.506. The van der Waals surface area contributed by atoms with Crippen LogP contribution in [0.5, 0.6) is 0 Å². The molecule has 0 saturated heterocycles. The summed E-state index contributed by atoms with van der Waals surface area (Å²) >= 11 is 0. The molecule has 0 aliphatic heterocycles. The lowest BCUT2D eigenvalue weighted by atomic mass is 10.4. The minimum Gasteiger partial charge on any atom is -0.327 e. The number of hydrogen-bond acceptors (Lipinski definition) is 5. The molecular weight excluding hydrogens is 179 g/mol. The molecule has 0 bridgehead atoms. The highest BCUT2D eigenvalue weighted by Gasteiger charge is 2.04. The van der Waals surface area contributed by atoms with Crippen LogP contribution in [-0.4, -0.2) is 19.4 Å². The van der Waals surface area contributed by atoms with Crippen LogP contribution in [0.15, 0.2) is 0 Å². The maximum absolute atomic E-state index is 10.9. The summed E-state index contributed by atoms with van der Waals surface area (Å²) in [7, 11) is -2.43. The molecule has 12 heavy (non-hydrogen) atoms. The SMILES string of the molecule is CCCCO[PH](=O)OC(N)CN. The molecule has 74 valence electrons. The quantitative estimate of drug-likeness (QED) is 0.350. The van der Waals surface area contributed by atoms with E-state index < -0.39 is 14.5 Å². The highest BCUT2D eigenvalue weighted by atomic mass is 31.1. The molecule has 2 unspecified atom stereocenters. The second-order valence-electron chi connectivity index (χ2n) is 2.34. The molecule has 5 nitrogen and oxygen atoms in total. The molecule has 0 radical (unpaired) electrons. The van der Waals surface area contributed by atoms with Gasteiger partial charge in [0.25, 0.3) is 0 Å². The highest BCUT2D eigenvalue weighted by molar-refractivity contribution is 7.33. The van der Waals surface area contributed by atoms with Gasteiger partial charge in [-0.15, -0.1) is 0 Å². The molecule has 2 atom stereocenters. The van der Waals surface area contributed by atoms with Crippen LogP contribution >= 0.6 is 8.25 Å². The largest absolute Gasteiger partial charge is 0.327 e. The van der Waals surface area contributed by atoms with Crippen LogP contribution in [0.1, 0.15) is 19.8 Å². The van der Waals surface area contributed by atoms with Crippen LogP contribution in [0.2, 0.25) is 0 Å². The Kier molecular flexibility index (Phi) is 7.75. The van der Waals surface area contributed by atoms with Crippen LogP contribution in [0, 0.1) is 0 Å². The van der Waals surface area contributed by atoms with Crippen molar-refractivity contribution in [2.75, 3.05) is 13.2 Å². The first kappa shape index (κ1) is 12.1. The van der Waals surface area contributed by atoms with Crippen molar-refractivity contribution in [2.24, 2.45) is 11.5 Å². The molecule has 0 fully saturated rings. The third kappa shape index (κ3) is 6.76. The van der Waals surface area contributed by atoms with E-state index in [9.17, 15) is 4.57 Å². The zero-order valence-electron chi connectivity index (χ0n) is 7.29. The molecule has 0 aromatic rings. The van der Waals surface area contributed by atoms with Crippen molar-refractivity contribution in [2.45, 2.75) is 26.0 Å². The normalized spacial score (nSPS) is 15.9. The molecule has 0 aromatic carbocycles. The summed E-state index contributed by atoms with van der Waals surface area (Å²) in [5.41, 5.74) is 10.4. The van der Waals surface area contributed by atoms with E-state index in [-0.39, 0.29) is 6.54 Å². The van der Waals surface area contributed by atoms with Gasteiger partial charge in [-0.2, -0.15) is 0 Å². The summed E-state index contributed by atoms with van der Waals surface area (Å²) in [5.74, 6) is 0. The lowest BCUT2D eigenvalue weighted by molar-refractivity contribution is 0.171. The first-order valence-electron chi connectivity index (χ1n) is 3.99. The summed E-state index contributed by atoms with van der Waals surface area (Å²) in [6.07, 6.45) is 1.19. The maximum Gasteiger partial charge on any atom is 0.320 e. The Labute approximate surface area is 73.3 Å². The Balaban J connectivity index is 3.33. The first-order chi connectivity index (χ1) is 5.70. The smallest absolute Gasteiger partial charge is 0.320 e. The Morgan fingerprint density at radius 1 is 1.58 bits per heavy atom. The predicted molar refractivity (Wildman–Crippen MR) is 48.0 cm³/mol. The third-order valence-corrected chi connectivity index (χ3v) is 2.13. The van der Waals surface area contributed by atoms with E-state index in [0.29, 0.717) is 6.61 Å². The summed E-state index contributed by atoms with van der Waals surface area (Å²) < 4.78 is 20.5. The average molecular weight is 196 g/mol. The maximum atomic E-state index is 10.9. The third-order valence-electron chi connectivity index (χ3n) is 1.20. The van der Waals surface area contributed by atoms with E-state index >= 15 is 0 Å². The van der Waals surface area contributed by atoms with Crippen LogP contribution in [-0.2, 0) is 13.6 Å². The Morgan fingerprint density at radius 3 is 2.75 bits per heavy atom. The van der Waals surface area contributed by atoms with Gasteiger partial charge in [-0.1, -0.05) is 13.3 Å². The Morgan fingerprint density at radius 2 is 2.25 bits per heavy atom. The van der Waals surface area contributed by atoms with Crippen LogP contribution in [0.25, 0.3) is 0 Å². The second kappa shape index (κ2) is 7.71. The van der Waals surface area contributed by atoms with Crippen molar-refractivity contribution in [1.29, 1.82) is 0 Å². The molecule has 0 aliphatic rings. The molecular formula is C6H17N2O3P. The van der Waals surface area contributed by atoms with Gasteiger partial charge in [0, 0.05) is 6.54 Å². The lowest BCUT2D eigenvalue weighted by Crippen LogP contribution is -2.30. The topological polar surface area (TPSA) is 87.6 Å². The van der Waals surface area contributed by atoms with Crippen molar-refractivity contribution < 1.29 is 13.6 Å². The van der Waals surface area contributed by atoms with Crippen LogP contribution in [0.3, 0.4) is 0 Å². The van der Waals surface area contributed by atoms with Gasteiger partial charge in [-0.3, -0.25) is 9.09 Å². The number of nitrogens with two attached hydrogens (primary N) is 2. The van der Waals surface area contributed by atoms with Crippen molar-refractivity contribution >= 4 is 8.25 Å². The molecule has 0 spiro atoms. The minimum absolute atomic E-state index is 0.146. The van der Waals surface area contributed by atoms with E-state index in [1.165, 1.54) is 0 Å². The standard InChI is InChI=1S/C6H17N2O3P/c1-2-3-4-10-12(9)11-6(8)5-7/h6,12H,2-5,7-8H2,1H3. The van der Waals surface area contributed by atoms with Gasteiger partial charge in [0.2, 0.25) is 0 Å². The minimum atomic E-state index is -2.43. The summed E-state index contributed by atoms with van der Waals surface area (Å²) in [4.78, 5) is 0. The zero-order chi connectivity index (χ0) is 9.40. The Bertz CT molecular complexity index is 134. The summed E-state index contributed by atoms with van der Waals surface area (Å²) in [6.45, 7) is 2.62. The van der Waals surface area contributed by atoms with Crippen molar-refractivity contribution in [3.8, 4) is 0 Å². The van der Waals surface area contributed by atoms with Crippen molar-refractivity contribution in [3.05, 3.63) is 0 Å². The van der Waals surface area contributed by atoms with Crippen LogP contribution < -0.4 is 11.5 Å². The van der Waals surface area contributed by atoms with Gasteiger partial charge in [0.15, 0.2) is 0 Å². The number of hydrogen-bond donors (Lipinski definition) is 2. The summed E-state index contributed by atoms with van der Waals surface area (Å²) in [5, 5.41) is 0. The fraction of sp³-hybridized carbons (Fsp3) is 1.00. The molecule has 0 aromatic heterocycles. The molecule has 0 amide bonds. The number of rotatable bonds is 7. The van der Waals surface area contributed by atoms with Gasteiger partial charge in [-0.25, -0.2) is 0 Å². The van der Waals surface area contributed by atoms with Gasteiger partial charge in [0.1, 0.15) is 6.23 Å². The molecule has 0 rings (SSSR count). The molecule has 4 N–H and O–H groups in total. The van der Waals surface area contributed by atoms with E-state index in [2.05, 4.69) is 0 Å². The summed E-state index contributed by atoms with van der Waals surface area (Å²) in [6, 6.07) is 0. The highest BCUT2D eigenvalue weighted by Crippen LogP contribution is 2.24. The molecule has 0 saturated carbocycles. The zero-order valence-corrected chi connectivity index (χ0v) is 8.29. The predicted octanol–water partition coefficient (Wildman–Crippen LogP) is 0.453.